The highest BCUT2D eigenvalue weighted by atomic mass is 16.5. The number of esters is 1. The van der Waals surface area contributed by atoms with Gasteiger partial charge in [-0.25, -0.2) is 0 Å². The quantitative estimate of drug-likeness (QED) is 0.373. The topological polar surface area (TPSA) is 76.0 Å². The molecule has 0 spiro atoms. The third-order valence-corrected chi connectivity index (χ3v) is 5.24. The first kappa shape index (κ1) is 21.6. The second-order valence-corrected chi connectivity index (χ2v) is 7.38. The van der Waals surface area contributed by atoms with Crippen LogP contribution < -0.4 is 0 Å². The molecular weight excluding hydrogens is 344 g/mol. The van der Waals surface area contributed by atoms with Crippen molar-refractivity contribution in [2.24, 2.45) is 11.8 Å². The van der Waals surface area contributed by atoms with Gasteiger partial charge in [-0.3, -0.25) is 4.79 Å². The zero-order valence-corrected chi connectivity index (χ0v) is 16.3. The Balaban J connectivity index is 1.77. The molecule has 1 saturated carbocycles. The van der Waals surface area contributed by atoms with Gasteiger partial charge in [-0.2, -0.15) is 0 Å². The predicted molar refractivity (Wildman–Crippen MR) is 104 cm³/mol. The van der Waals surface area contributed by atoms with Crippen LogP contribution in [0.25, 0.3) is 0 Å². The van der Waals surface area contributed by atoms with Gasteiger partial charge >= 0.3 is 5.97 Å². The lowest BCUT2D eigenvalue weighted by Crippen LogP contribution is -2.26. The van der Waals surface area contributed by atoms with E-state index in [0.717, 1.165) is 18.4 Å². The monoisotopic (exact) mass is 376 g/mol. The third kappa shape index (κ3) is 7.09. The van der Waals surface area contributed by atoms with Gasteiger partial charge in [0.05, 0.1) is 32.5 Å². The lowest BCUT2D eigenvalue weighted by molar-refractivity contribution is -0.140. The van der Waals surface area contributed by atoms with Crippen molar-refractivity contribution in [3.63, 3.8) is 0 Å². The van der Waals surface area contributed by atoms with Crippen LogP contribution in [0.2, 0.25) is 0 Å². The fourth-order valence-electron chi connectivity index (χ4n) is 3.69. The van der Waals surface area contributed by atoms with Gasteiger partial charge < -0.3 is 19.7 Å². The fourth-order valence-corrected chi connectivity index (χ4v) is 3.69. The number of benzene rings is 1. The normalized spacial score (nSPS) is 25.2. The predicted octanol–water partition coefficient (Wildman–Crippen LogP) is 3.16. The van der Waals surface area contributed by atoms with E-state index >= 15 is 0 Å². The van der Waals surface area contributed by atoms with Gasteiger partial charge in [0.15, 0.2) is 0 Å². The van der Waals surface area contributed by atoms with Crippen LogP contribution in [0, 0.1) is 18.8 Å². The summed E-state index contributed by atoms with van der Waals surface area (Å²) in [5.41, 5.74) is 2.31. The molecule has 0 heterocycles. The van der Waals surface area contributed by atoms with Gasteiger partial charge in [0.2, 0.25) is 0 Å². The average Bonchev–Trinajstić information content (AvgIpc) is 2.91. The van der Waals surface area contributed by atoms with Crippen molar-refractivity contribution >= 4 is 5.97 Å². The first-order chi connectivity index (χ1) is 13.0. The maximum Gasteiger partial charge on any atom is 0.305 e. The summed E-state index contributed by atoms with van der Waals surface area (Å²) in [5, 5.41) is 20.6. The summed E-state index contributed by atoms with van der Waals surface area (Å²) in [6, 6.07) is 8.18. The van der Waals surface area contributed by atoms with E-state index in [9.17, 15) is 15.0 Å². The number of unbranched alkanes of at least 4 members (excludes halogenated alkanes) is 1. The first-order valence-corrected chi connectivity index (χ1v) is 9.72. The van der Waals surface area contributed by atoms with Crippen molar-refractivity contribution in [1.82, 2.24) is 0 Å². The zero-order valence-electron chi connectivity index (χ0n) is 16.3. The number of aliphatic hydroxyl groups is 2. The Kier molecular flexibility index (Phi) is 8.98. The number of aryl methyl sites for hydroxylation is 1. The number of methoxy groups -OCH3 is 1. The van der Waals surface area contributed by atoms with Crippen molar-refractivity contribution in [1.29, 1.82) is 0 Å². The third-order valence-electron chi connectivity index (χ3n) is 5.24. The molecule has 0 aromatic heterocycles. The van der Waals surface area contributed by atoms with Crippen LogP contribution in [0.15, 0.2) is 36.4 Å². The lowest BCUT2D eigenvalue weighted by Gasteiger charge is -2.22. The molecule has 0 radical (unpaired) electrons. The van der Waals surface area contributed by atoms with Gasteiger partial charge in [-0.05, 0) is 44.1 Å². The van der Waals surface area contributed by atoms with E-state index in [1.807, 2.05) is 37.3 Å². The molecule has 1 aliphatic carbocycles. The molecule has 2 rings (SSSR count). The summed E-state index contributed by atoms with van der Waals surface area (Å²) in [4.78, 5) is 11.1. The molecule has 0 unspecified atom stereocenters. The molecule has 0 aliphatic heterocycles. The fraction of sp³-hybridized carbons (Fsp3) is 0.591. The van der Waals surface area contributed by atoms with Gasteiger partial charge in [0.1, 0.15) is 0 Å². The summed E-state index contributed by atoms with van der Waals surface area (Å²) in [6.45, 7) is 3.00. The van der Waals surface area contributed by atoms with Crippen LogP contribution in [-0.4, -0.2) is 42.1 Å². The zero-order chi connectivity index (χ0) is 19.6. The Morgan fingerprint density at radius 2 is 2.00 bits per heavy atom. The molecule has 4 atom stereocenters. The molecule has 5 nitrogen and oxygen atoms in total. The number of rotatable bonds is 10. The van der Waals surface area contributed by atoms with Crippen molar-refractivity contribution < 1.29 is 24.5 Å². The van der Waals surface area contributed by atoms with E-state index < -0.39 is 12.2 Å². The van der Waals surface area contributed by atoms with Crippen LogP contribution in [-0.2, 0) is 20.9 Å². The van der Waals surface area contributed by atoms with Crippen molar-refractivity contribution in [2.75, 3.05) is 13.7 Å². The minimum Gasteiger partial charge on any atom is -0.469 e. The number of hydrogen-bond acceptors (Lipinski definition) is 5. The van der Waals surface area contributed by atoms with E-state index in [2.05, 4.69) is 10.8 Å². The molecule has 1 aromatic carbocycles. The highest BCUT2D eigenvalue weighted by Crippen LogP contribution is 2.35. The van der Waals surface area contributed by atoms with Crippen LogP contribution in [0.1, 0.15) is 43.2 Å². The van der Waals surface area contributed by atoms with Gasteiger partial charge in [-0.15, -0.1) is 0 Å². The van der Waals surface area contributed by atoms with Crippen molar-refractivity contribution in [3.05, 3.63) is 47.5 Å². The van der Waals surface area contributed by atoms with E-state index in [1.165, 1.54) is 12.7 Å². The Hall–Kier alpha value is -1.69. The minimum absolute atomic E-state index is 0.00522. The summed E-state index contributed by atoms with van der Waals surface area (Å²) < 4.78 is 10.5. The second kappa shape index (κ2) is 11.2. The molecule has 1 aromatic rings. The molecule has 0 saturated heterocycles. The lowest BCUT2D eigenvalue weighted by atomic mass is 9.91. The number of carbonyl (C=O) groups excluding carboxylic acids is 1. The van der Waals surface area contributed by atoms with Crippen LogP contribution >= 0.6 is 0 Å². The largest absolute Gasteiger partial charge is 0.469 e. The Bertz CT molecular complexity index is 612. The molecule has 5 heteroatoms. The highest BCUT2D eigenvalue weighted by molar-refractivity contribution is 5.69. The molecule has 27 heavy (non-hydrogen) atoms. The van der Waals surface area contributed by atoms with Crippen LogP contribution in [0.4, 0.5) is 0 Å². The maximum absolute atomic E-state index is 11.1. The standard InChI is InChI=1S/C22H32O5/c1-16-8-7-9-17(12-16)14-27-15-19-18(20(23)13-21(19)24)10-5-3-4-6-11-22(25)26-2/h3,5,7-9,12,18-21,23-24H,4,6,10-11,13-15H2,1-2H3/b5-3-/t18-,19-,20+,21-/m0/s1. The first-order valence-electron chi connectivity index (χ1n) is 9.72. The van der Waals surface area contributed by atoms with E-state index in [4.69, 9.17) is 4.74 Å². The summed E-state index contributed by atoms with van der Waals surface area (Å²) >= 11 is 0. The van der Waals surface area contributed by atoms with E-state index in [0.29, 0.717) is 32.5 Å². The number of allylic oxidation sites excluding steroid dienone is 2. The maximum atomic E-state index is 11.1. The van der Waals surface area contributed by atoms with E-state index in [1.54, 1.807) is 0 Å². The molecule has 150 valence electrons. The molecular formula is C22H32O5. The van der Waals surface area contributed by atoms with Crippen molar-refractivity contribution in [2.45, 2.75) is 57.8 Å². The Morgan fingerprint density at radius 3 is 2.74 bits per heavy atom. The van der Waals surface area contributed by atoms with Gasteiger partial charge in [0, 0.05) is 12.3 Å². The minimum atomic E-state index is -0.532. The second-order valence-electron chi connectivity index (χ2n) is 7.38. The van der Waals surface area contributed by atoms with Gasteiger partial charge in [-0.1, -0.05) is 42.0 Å². The number of carbonyl (C=O) groups is 1. The Labute approximate surface area is 162 Å². The van der Waals surface area contributed by atoms with Crippen molar-refractivity contribution in [3.8, 4) is 0 Å². The Morgan fingerprint density at radius 1 is 1.22 bits per heavy atom. The molecule has 0 amide bonds. The van der Waals surface area contributed by atoms with Gasteiger partial charge in [0.25, 0.3) is 0 Å². The number of hydrogen-bond donors (Lipinski definition) is 2. The average molecular weight is 376 g/mol. The number of aliphatic hydroxyl groups excluding tert-OH is 2. The van der Waals surface area contributed by atoms with E-state index in [-0.39, 0.29) is 17.8 Å². The number of ether oxygens (including phenoxy) is 2. The highest BCUT2D eigenvalue weighted by Gasteiger charge is 2.40. The molecule has 0 bridgehead atoms. The summed E-state index contributed by atoms with van der Waals surface area (Å²) in [6.07, 6.45) is 6.11. The summed E-state index contributed by atoms with van der Waals surface area (Å²) in [5.74, 6) is -0.262. The van der Waals surface area contributed by atoms with Crippen LogP contribution in [0.3, 0.4) is 0 Å². The molecule has 1 aliphatic rings. The smallest absolute Gasteiger partial charge is 0.305 e. The SMILES string of the molecule is COC(=O)CCC/C=C\C[C@H]1[C@H](COCc2cccc(C)c2)[C@@H](O)C[C@H]1O. The summed E-state index contributed by atoms with van der Waals surface area (Å²) in [7, 11) is 1.39. The van der Waals surface area contributed by atoms with Crippen LogP contribution in [0.5, 0.6) is 0 Å². The molecule has 1 fully saturated rings. The molecule has 2 N–H and O–H groups in total.